The first-order chi connectivity index (χ1) is 8.61. The van der Waals surface area contributed by atoms with Gasteiger partial charge in [0.05, 0.1) is 5.69 Å². The summed E-state index contributed by atoms with van der Waals surface area (Å²) in [7, 11) is 1.65. The molecule has 2 N–H and O–H groups in total. The van der Waals surface area contributed by atoms with E-state index < -0.39 is 0 Å². The SMILES string of the molecule is CNC(=O)CCCn1cc(CNCC(C)C)nn1. The maximum absolute atomic E-state index is 11.0. The molecule has 6 heteroatoms. The fraction of sp³-hybridized carbons (Fsp3) is 0.750. The Bertz CT molecular complexity index is 361. The van der Waals surface area contributed by atoms with Crippen LogP contribution in [0.3, 0.4) is 0 Å². The zero-order chi connectivity index (χ0) is 13.4. The molecule has 0 fully saturated rings. The Labute approximate surface area is 108 Å². The Hall–Kier alpha value is -1.43. The number of nitrogens with one attached hydrogen (secondary N) is 2. The highest BCUT2D eigenvalue weighted by Crippen LogP contribution is 1.97. The van der Waals surface area contributed by atoms with E-state index >= 15 is 0 Å². The summed E-state index contributed by atoms with van der Waals surface area (Å²) < 4.78 is 1.79. The Morgan fingerprint density at radius 1 is 1.50 bits per heavy atom. The van der Waals surface area contributed by atoms with Crippen molar-refractivity contribution in [3.05, 3.63) is 11.9 Å². The smallest absolute Gasteiger partial charge is 0.219 e. The first-order valence-electron chi connectivity index (χ1n) is 6.42. The molecule has 0 aliphatic carbocycles. The van der Waals surface area contributed by atoms with Crippen molar-refractivity contribution in [1.82, 2.24) is 25.6 Å². The molecule has 0 unspecified atom stereocenters. The van der Waals surface area contributed by atoms with Gasteiger partial charge in [-0.1, -0.05) is 19.1 Å². The number of amides is 1. The highest BCUT2D eigenvalue weighted by atomic mass is 16.1. The number of carbonyl (C=O) groups excluding carboxylic acids is 1. The van der Waals surface area contributed by atoms with Crippen LogP contribution in [0.2, 0.25) is 0 Å². The van der Waals surface area contributed by atoms with Gasteiger partial charge in [0.15, 0.2) is 0 Å². The van der Waals surface area contributed by atoms with Crippen LogP contribution in [0.4, 0.5) is 0 Å². The van der Waals surface area contributed by atoms with Gasteiger partial charge in [-0.05, 0) is 18.9 Å². The van der Waals surface area contributed by atoms with Crippen LogP contribution in [0.1, 0.15) is 32.4 Å². The fourth-order valence-electron chi connectivity index (χ4n) is 1.54. The first kappa shape index (κ1) is 14.6. The lowest BCUT2D eigenvalue weighted by atomic mass is 10.2. The number of hydrogen-bond acceptors (Lipinski definition) is 4. The third kappa shape index (κ3) is 5.77. The second-order valence-corrected chi connectivity index (χ2v) is 4.77. The van der Waals surface area contributed by atoms with Crippen LogP contribution in [0, 0.1) is 5.92 Å². The average Bonchev–Trinajstić information content (AvgIpc) is 2.76. The van der Waals surface area contributed by atoms with Gasteiger partial charge >= 0.3 is 0 Å². The molecule has 0 aromatic carbocycles. The molecule has 1 amide bonds. The minimum absolute atomic E-state index is 0.0638. The van der Waals surface area contributed by atoms with E-state index in [4.69, 9.17) is 0 Å². The van der Waals surface area contributed by atoms with Crippen molar-refractivity contribution in [1.29, 1.82) is 0 Å². The predicted molar refractivity (Wildman–Crippen MR) is 69.9 cm³/mol. The lowest BCUT2D eigenvalue weighted by molar-refractivity contribution is -0.120. The zero-order valence-electron chi connectivity index (χ0n) is 11.4. The van der Waals surface area contributed by atoms with Crippen LogP contribution in [0.25, 0.3) is 0 Å². The van der Waals surface area contributed by atoms with E-state index in [9.17, 15) is 4.79 Å². The minimum Gasteiger partial charge on any atom is -0.359 e. The number of aromatic nitrogens is 3. The van der Waals surface area contributed by atoms with Gasteiger partial charge in [-0.3, -0.25) is 9.48 Å². The Balaban J connectivity index is 2.23. The molecule has 0 bridgehead atoms. The van der Waals surface area contributed by atoms with Crippen molar-refractivity contribution in [2.45, 2.75) is 39.8 Å². The van der Waals surface area contributed by atoms with E-state index in [0.29, 0.717) is 12.3 Å². The number of hydrogen-bond donors (Lipinski definition) is 2. The van der Waals surface area contributed by atoms with Crippen LogP contribution in [0.15, 0.2) is 6.20 Å². The van der Waals surface area contributed by atoms with Gasteiger partial charge in [-0.15, -0.1) is 5.10 Å². The quantitative estimate of drug-likeness (QED) is 0.709. The molecule has 0 aliphatic rings. The Morgan fingerprint density at radius 2 is 2.28 bits per heavy atom. The summed E-state index contributed by atoms with van der Waals surface area (Å²) in [5, 5.41) is 14.0. The Kier molecular flexibility index (Phi) is 6.35. The van der Waals surface area contributed by atoms with Gasteiger partial charge in [0, 0.05) is 32.8 Å². The van der Waals surface area contributed by atoms with Crippen molar-refractivity contribution < 1.29 is 4.79 Å². The monoisotopic (exact) mass is 253 g/mol. The molecule has 6 nitrogen and oxygen atoms in total. The topological polar surface area (TPSA) is 71.8 Å². The van der Waals surface area contributed by atoms with E-state index in [1.54, 1.807) is 11.7 Å². The minimum atomic E-state index is 0.0638. The van der Waals surface area contributed by atoms with Gasteiger partial charge in [0.1, 0.15) is 0 Å². The van der Waals surface area contributed by atoms with E-state index in [1.807, 2.05) is 6.20 Å². The highest BCUT2D eigenvalue weighted by molar-refractivity contribution is 5.75. The fourth-order valence-corrected chi connectivity index (χ4v) is 1.54. The standard InChI is InChI=1S/C12H23N5O/c1-10(2)7-14-8-11-9-17(16-15-11)6-4-5-12(18)13-3/h9-10,14H,4-8H2,1-3H3,(H,13,18). The van der Waals surface area contributed by atoms with Crippen LogP contribution >= 0.6 is 0 Å². The van der Waals surface area contributed by atoms with Crippen LogP contribution in [0.5, 0.6) is 0 Å². The normalized spacial score (nSPS) is 10.9. The van der Waals surface area contributed by atoms with Crippen molar-refractivity contribution in [2.24, 2.45) is 5.92 Å². The average molecular weight is 253 g/mol. The second-order valence-electron chi connectivity index (χ2n) is 4.77. The van der Waals surface area contributed by atoms with Crippen molar-refractivity contribution >= 4 is 5.91 Å². The van der Waals surface area contributed by atoms with Crippen molar-refractivity contribution in [3.63, 3.8) is 0 Å². The van der Waals surface area contributed by atoms with Crippen molar-refractivity contribution in [3.8, 4) is 0 Å². The predicted octanol–water partition coefficient (Wildman–Crippen LogP) is 0.550. The van der Waals surface area contributed by atoms with Gasteiger partial charge in [0.25, 0.3) is 0 Å². The number of nitrogens with zero attached hydrogens (tertiary/aromatic N) is 3. The Morgan fingerprint density at radius 3 is 2.94 bits per heavy atom. The molecule has 0 aliphatic heterocycles. The number of rotatable bonds is 8. The van der Waals surface area contributed by atoms with Gasteiger partial charge < -0.3 is 10.6 Å². The summed E-state index contributed by atoms with van der Waals surface area (Å²) in [4.78, 5) is 11.0. The van der Waals surface area contributed by atoms with Gasteiger partial charge in [-0.25, -0.2) is 0 Å². The summed E-state index contributed by atoms with van der Waals surface area (Å²) in [5.41, 5.74) is 0.940. The molecule has 1 aromatic rings. The lowest BCUT2D eigenvalue weighted by Gasteiger charge is -2.04. The van der Waals surface area contributed by atoms with Crippen LogP contribution < -0.4 is 10.6 Å². The van der Waals surface area contributed by atoms with Gasteiger partial charge in [-0.2, -0.15) is 0 Å². The highest BCUT2D eigenvalue weighted by Gasteiger charge is 2.02. The summed E-state index contributed by atoms with van der Waals surface area (Å²) >= 11 is 0. The lowest BCUT2D eigenvalue weighted by Crippen LogP contribution is -2.19. The molecule has 1 rings (SSSR count). The maximum atomic E-state index is 11.0. The van der Waals surface area contributed by atoms with E-state index in [2.05, 4.69) is 34.8 Å². The zero-order valence-corrected chi connectivity index (χ0v) is 11.4. The van der Waals surface area contributed by atoms with E-state index in [-0.39, 0.29) is 5.91 Å². The van der Waals surface area contributed by atoms with Crippen molar-refractivity contribution in [2.75, 3.05) is 13.6 Å². The second kappa shape index (κ2) is 7.81. The summed E-state index contributed by atoms with van der Waals surface area (Å²) in [5.74, 6) is 0.696. The van der Waals surface area contributed by atoms with Crippen LogP contribution in [-0.4, -0.2) is 34.5 Å². The molecule has 0 atom stereocenters. The molecule has 0 radical (unpaired) electrons. The summed E-state index contributed by atoms with van der Waals surface area (Å²) in [6.45, 7) is 6.78. The number of carbonyl (C=O) groups is 1. The van der Waals surface area contributed by atoms with Crippen LogP contribution in [-0.2, 0) is 17.9 Å². The molecule has 0 saturated carbocycles. The van der Waals surface area contributed by atoms with E-state index in [0.717, 1.165) is 31.7 Å². The first-order valence-corrected chi connectivity index (χ1v) is 6.42. The molecule has 1 aromatic heterocycles. The molecule has 0 spiro atoms. The molecular formula is C12H23N5O. The maximum Gasteiger partial charge on any atom is 0.219 e. The molecule has 0 saturated heterocycles. The molecule has 18 heavy (non-hydrogen) atoms. The largest absolute Gasteiger partial charge is 0.359 e. The third-order valence-electron chi connectivity index (χ3n) is 2.51. The van der Waals surface area contributed by atoms with E-state index in [1.165, 1.54) is 0 Å². The molecule has 1 heterocycles. The summed E-state index contributed by atoms with van der Waals surface area (Å²) in [6.07, 6.45) is 3.23. The summed E-state index contributed by atoms with van der Waals surface area (Å²) in [6, 6.07) is 0. The molecular weight excluding hydrogens is 230 g/mol. The third-order valence-corrected chi connectivity index (χ3v) is 2.51. The molecule has 102 valence electrons. The van der Waals surface area contributed by atoms with Gasteiger partial charge in [0.2, 0.25) is 5.91 Å². The number of aryl methyl sites for hydroxylation is 1.